The van der Waals surface area contributed by atoms with Gasteiger partial charge >= 0.3 is 5.97 Å². The highest BCUT2D eigenvalue weighted by atomic mass is 16.4. The molecule has 0 aliphatic heterocycles. The standard InChI is InChI=1S/C31H41N3O4/c1-2-3-4-5-6-7-8-9-10-11-12-13-14-15-16-17-18-19-20-23-29(35)33-26-28(31(37)38)34-30(36)27-22-21-24-32-25-27/h3-4,6-7,9-10,12-13,15-16,18-19,21-22,24-25,28H,2,5,8,11,14,17,20,23,26H2,1H3,(H,33,35)(H,34,36)(H,37,38). The van der Waals surface area contributed by atoms with Crippen LogP contribution >= 0.6 is 0 Å². The molecule has 1 aromatic heterocycles. The highest BCUT2D eigenvalue weighted by molar-refractivity contribution is 5.96. The Hall–Kier alpha value is -4.00. The topological polar surface area (TPSA) is 108 Å². The van der Waals surface area contributed by atoms with Gasteiger partial charge in [-0.3, -0.25) is 14.6 Å². The van der Waals surface area contributed by atoms with Gasteiger partial charge in [-0.05, 0) is 57.1 Å². The third-order valence-corrected chi connectivity index (χ3v) is 5.17. The Kier molecular flexibility index (Phi) is 18.7. The molecule has 0 bridgehead atoms. The molecule has 0 saturated carbocycles. The van der Waals surface area contributed by atoms with Gasteiger partial charge in [0.05, 0.1) is 5.56 Å². The number of amides is 2. The van der Waals surface area contributed by atoms with E-state index in [9.17, 15) is 19.5 Å². The van der Waals surface area contributed by atoms with Gasteiger partial charge in [0.15, 0.2) is 0 Å². The second-order valence-corrected chi connectivity index (χ2v) is 8.36. The van der Waals surface area contributed by atoms with E-state index < -0.39 is 17.9 Å². The minimum Gasteiger partial charge on any atom is -0.480 e. The minimum absolute atomic E-state index is 0.191. The van der Waals surface area contributed by atoms with Crippen molar-refractivity contribution in [3.63, 3.8) is 0 Å². The number of carboxylic acid groups (broad SMARTS) is 1. The number of hydrogen-bond acceptors (Lipinski definition) is 4. The Balaban J connectivity index is 2.12. The summed E-state index contributed by atoms with van der Waals surface area (Å²) in [5, 5.41) is 14.3. The summed E-state index contributed by atoms with van der Waals surface area (Å²) in [4.78, 5) is 39.4. The maximum absolute atomic E-state index is 12.1. The van der Waals surface area contributed by atoms with Gasteiger partial charge in [0, 0.05) is 25.4 Å². The van der Waals surface area contributed by atoms with Crippen molar-refractivity contribution < 1.29 is 19.5 Å². The third-order valence-electron chi connectivity index (χ3n) is 5.17. The maximum atomic E-state index is 12.1. The predicted molar refractivity (Wildman–Crippen MR) is 154 cm³/mol. The molecular formula is C31H41N3O4. The molecule has 0 spiro atoms. The van der Waals surface area contributed by atoms with Crippen molar-refractivity contribution in [2.45, 2.75) is 64.3 Å². The summed E-state index contributed by atoms with van der Waals surface area (Å²) in [6.07, 6.45) is 34.8. The predicted octanol–water partition coefficient (Wildman–Crippen LogP) is 5.86. The van der Waals surface area contributed by atoms with Gasteiger partial charge in [0.2, 0.25) is 5.91 Å². The number of aromatic nitrogens is 1. The highest BCUT2D eigenvalue weighted by Gasteiger charge is 2.21. The first kappa shape index (κ1) is 32.0. The van der Waals surface area contributed by atoms with Crippen LogP contribution in [0.2, 0.25) is 0 Å². The van der Waals surface area contributed by atoms with Crippen LogP contribution in [-0.2, 0) is 9.59 Å². The Morgan fingerprint density at radius 2 is 1.37 bits per heavy atom. The van der Waals surface area contributed by atoms with Crippen molar-refractivity contribution in [2.75, 3.05) is 6.54 Å². The van der Waals surface area contributed by atoms with Gasteiger partial charge in [-0.25, -0.2) is 4.79 Å². The zero-order valence-electron chi connectivity index (χ0n) is 22.3. The lowest BCUT2D eigenvalue weighted by molar-refractivity contribution is -0.139. The molecular weight excluding hydrogens is 478 g/mol. The van der Waals surface area contributed by atoms with Crippen molar-refractivity contribution in [1.29, 1.82) is 0 Å². The molecule has 1 rings (SSSR count). The van der Waals surface area contributed by atoms with Gasteiger partial charge in [-0.2, -0.15) is 0 Å². The van der Waals surface area contributed by atoms with Gasteiger partial charge < -0.3 is 15.7 Å². The number of allylic oxidation sites excluding steroid dienone is 12. The molecule has 0 radical (unpaired) electrons. The molecule has 0 aliphatic rings. The van der Waals surface area contributed by atoms with E-state index >= 15 is 0 Å². The van der Waals surface area contributed by atoms with Crippen molar-refractivity contribution in [2.24, 2.45) is 0 Å². The summed E-state index contributed by atoms with van der Waals surface area (Å²) in [5.41, 5.74) is 0.253. The zero-order valence-corrected chi connectivity index (χ0v) is 22.3. The van der Waals surface area contributed by atoms with Gasteiger partial charge in [0.25, 0.3) is 5.91 Å². The van der Waals surface area contributed by atoms with E-state index in [4.69, 9.17) is 0 Å². The minimum atomic E-state index is -1.22. The summed E-state index contributed by atoms with van der Waals surface area (Å²) in [7, 11) is 0. The van der Waals surface area contributed by atoms with Crippen molar-refractivity contribution >= 4 is 17.8 Å². The molecule has 1 aromatic rings. The maximum Gasteiger partial charge on any atom is 0.328 e. The van der Waals surface area contributed by atoms with Crippen LogP contribution < -0.4 is 10.6 Å². The summed E-state index contributed by atoms with van der Waals surface area (Å²) >= 11 is 0. The van der Waals surface area contributed by atoms with Crippen LogP contribution in [0.1, 0.15) is 68.6 Å². The number of carbonyl (C=O) groups is 3. The second-order valence-electron chi connectivity index (χ2n) is 8.36. The fraction of sp³-hybridized carbons (Fsp3) is 0.355. The largest absolute Gasteiger partial charge is 0.480 e. The number of rotatable bonds is 19. The van der Waals surface area contributed by atoms with Crippen LogP contribution in [0.3, 0.4) is 0 Å². The molecule has 1 unspecified atom stereocenters. The Bertz CT molecular complexity index is 992. The molecule has 0 aromatic carbocycles. The first-order chi connectivity index (χ1) is 18.5. The number of pyridine rings is 1. The summed E-state index contributed by atoms with van der Waals surface area (Å²) in [6.45, 7) is 1.95. The zero-order chi connectivity index (χ0) is 27.7. The average Bonchev–Trinajstić information content (AvgIpc) is 2.92. The summed E-state index contributed by atoms with van der Waals surface area (Å²) < 4.78 is 0. The lowest BCUT2D eigenvalue weighted by atomic mass is 10.2. The van der Waals surface area contributed by atoms with E-state index in [-0.39, 0.29) is 24.4 Å². The monoisotopic (exact) mass is 519 g/mol. The number of hydrogen-bond donors (Lipinski definition) is 3. The van der Waals surface area contributed by atoms with Crippen LogP contribution in [-0.4, -0.2) is 40.5 Å². The van der Waals surface area contributed by atoms with Crippen LogP contribution in [0.4, 0.5) is 0 Å². The molecule has 38 heavy (non-hydrogen) atoms. The second kappa shape index (κ2) is 22.2. The molecule has 0 fully saturated rings. The lowest BCUT2D eigenvalue weighted by Crippen LogP contribution is -2.48. The fourth-order valence-electron chi connectivity index (χ4n) is 3.10. The Labute approximate surface area is 226 Å². The molecule has 0 aliphatic carbocycles. The number of nitrogens with one attached hydrogen (secondary N) is 2. The Morgan fingerprint density at radius 3 is 1.84 bits per heavy atom. The van der Waals surface area contributed by atoms with Gasteiger partial charge in [-0.1, -0.05) is 79.8 Å². The number of nitrogens with zero attached hydrogens (tertiary/aromatic N) is 1. The lowest BCUT2D eigenvalue weighted by Gasteiger charge is -2.15. The van der Waals surface area contributed by atoms with Crippen molar-refractivity contribution in [3.8, 4) is 0 Å². The van der Waals surface area contributed by atoms with E-state index in [1.807, 2.05) is 12.2 Å². The van der Waals surface area contributed by atoms with Gasteiger partial charge in [-0.15, -0.1) is 0 Å². The summed E-state index contributed by atoms with van der Waals surface area (Å²) in [5.74, 6) is -2.05. The van der Waals surface area contributed by atoms with E-state index in [0.29, 0.717) is 6.42 Å². The molecule has 2 amide bonds. The molecule has 7 nitrogen and oxygen atoms in total. The fourth-order valence-corrected chi connectivity index (χ4v) is 3.10. The molecule has 1 heterocycles. The summed E-state index contributed by atoms with van der Waals surface area (Å²) in [6, 6.07) is 1.89. The first-order valence-electron chi connectivity index (χ1n) is 13.1. The number of carboxylic acids is 1. The molecule has 7 heteroatoms. The third kappa shape index (κ3) is 17.4. The molecule has 1 atom stereocenters. The average molecular weight is 520 g/mol. The van der Waals surface area contributed by atoms with Crippen LogP contribution in [0, 0.1) is 0 Å². The van der Waals surface area contributed by atoms with E-state index in [1.54, 1.807) is 6.07 Å². The van der Waals surface area contributed by atoms with E-state index in [0.717, 1.165) is 38.5 Å². The smallest absolute Gasteiger partial charge is 0.328 e. The first-order valence-corrected chi connectivity index (χ1v) is 13.1. The SMILES string of the molecule is CCC=CCC=CCC=CCC=CCC=CCC=CCCC(=O)NCC(NC(=O)c1cccnc1)C(=O)O. The van der Waals surface area contributed by atoms with E-state index in [1.165, 1.54) is 18.5 Å². The highest BCUT2D eigenvalue weighted by Crippen LogP contribution is 1.99. The van der Waals surface area contributed by atoms with Gasteiger partial charge in [0.1, 0.15) is 6.04 Å². The Morgan fingerprint density at radius 1 is 0.842 bits per heavy atom. The van der Waals surface area contributed by atoms with Crippen LogP contribution in [0.15, 0.2) is 97.4 Å². The quantitative estimate of drug-likeness (QED) is 0.198. The number of aliphatic carboxylic acids is 1. The number of carbonyl (C=O) groups excluding carboxylic acids is 2. The molecule has 0 saturated heterocycles. The van der Waals surface area contributed by atoms with Crippen molar-refractivity contribution in [3.05, 3.63) is 103 Å². The van der Waals surface area contributed by atoms with Crippen molar-refractivity contribution in [1.82, 2.24) is 15.6 Å². The normalized spacial score (nSPS) is 13.0. The van der Waals surface area contributed by atoms with Crippen LogP contribution in [0.25, 0.3) is 0 Å². The van der Waals surface area contributed by atoms with Crippen LogP contribution in [0.5, 0.6) is 0 Å². The van der Waals surface area contributed by atoms with E-state index in [2.05, 4.69) is 83.3 Å². The molecule has 204 valence electrons. The molecule has 3 N–H and O–H groups in total.